The first-order valence-corrected chi connectivity index (χ1v) is 6.94. The molecule has 0 heterocycles. The number of benzene rings is 1. The second kappa shape index (κ2) is 4.61. The van der Waals surface area contributed by atoms with Gasteiger partial charge in [-0.3, -0.25) is 0 Å². The van der Waals surface area contributed by atoms with Crippen molar-refractivity contribution in [2.75, 3.05) is 0 Å². The van der Waals surface area contributed by atoms with Gasteiger partial charge < -0.3 is 0 Å². The molecule has 2 aliphatic rings. The molecule has 0 saturated heterocycles. The van der Waals surface area contributed by atoms with Gasteiger partial charge in [-0.05, 0) is 54.7 Å². The summed E-state index contributed by atoms with van der Waals surface area (Å²) in [7, 11) is 0. The Labute approximate surface area is 99.1 Å². The SMILES string of the molecule is [c]1cc(C2CCCC2)cc(C2CCCC2)c1. The van der Waals surface area contributed by atoms with Crippen molar-refractivity contribution in [3.63, 3.8) is 0 Å². The van der Waals surface area contributed by atoms with E-state index in [2.05, 4.69) is 24.3 Å². The first kappa shape index (κ1) is 10.4. The summed E-state index contributed by atoms with van der Waals surface area (Å²) in [6.45, 7) is 0. The van der Waals surface area contributed by atoms with Crippen LogP contribution in [0.1, 0.15) is 74.3 Å². The Morgan fingerprint density at radius 2 is 1.19 bits per heavy atom. The van der Waals surface area contributed by atoms with Crippen LogP contribution in [0.2, 0.25) is 0 Å². The van der Waals surface area contributed by atoms with E-state index < -0.39 is 0 Å². The zero-order chi connectivity index (χ0) is 10.8. The molecular weight excluding hydrogens is 192 g/mol. The van der Waals surface area contributed by atoms with E-state index in [-0.39, 0.29) is 0 Å². The minimum atomic E-state index is 0.845. The van der Waals surface area contributed by atoms with Gasteiger partial charge in [-0.1, -0.05) is 43.9 Å². The molecule has 1 radical (unpaired) electrons. The quantitative estimate of drug-likeness (QED) is 0.662. The van der Waals surface area contributed by atoms with E-state index in [0.717, 1.165) is 11.8 Å². The normalized spacial score (nSPS) is 23.0. The van der Waals surface area contributed by atoms with Gasteiger partial charge >= 0.3 is 0 Å². The van der Waals surface area contributed by atoms with Crippen LogP contribution in [0, 0.1) is 6.07 Å². The fraction of sp³-hybridized carbons (Fsp3) is 0.625. The van der Waals surface area contributed by atoms with Crippen molar-refractivity contribution in [2.45, 2.75) is 63.2 Å². The highest BCUT2D eigenvalue weighted by Crippen LogP contribution is 2.38. The fourth-order valence-electron chi connectivity index (χ4n) is 3.50. The minimum Gasteiger partial charge on any atom is -0.0552 e. The van der Waals surface area contributed by atoms with Gasteiger partial charge in [0, 0.05) is 0 Å². The number of hydrogen-bond donors (Lipinski definition) is 0. The molecule has 0 bridgehead atoms. The molecule has 0 amide bonds. The molecule has 0 unspecified atom stereocenters. The summed E-state index contributed by atoms with van der Waals surface area (Å²) in [6, 6.07) is 10.3. The maximum Gasteiger partial charge on any atom is -0.0162 e. The van der Waals surface area contributed by atoms with E-state index in [4.69, 9.17) is 0 Å². The van der Waals surface area contributed by atoms with Crippen LogP contribution in [0.3, 0.4) is 0 Å². The second-order valence-corrected chi connectivity index (χ2v) is 5.56. The zero-order valence-corrected chi connectivity index (χ0v) is 10.0. The third kappa shape index (κ3) is 2.03. The highest BCUT2D eigenvalue weighted by Gasteiger charge is 2.20. The summed E-state index contributed by atoms with van der Waals surface area (Å²) in [5.74, 6) is 1.69. The molecule has 2 fully saturated rings. The van der Waals surface area contributed by atoms with Crippen LogP contribution in [0.4, 0.5) is 0 Å². The van der Waals surface area contributed by atoms with E-state index in [1.165, 1.54) is 51.4 Å². The van der Waals surface area contributed by atoms with Crippen molar-refractivity contribution in [3.8, 4) is 0 Å². The average molecular weight is 213 g/mol. The van der Waals surface area contributed by atoms with Crippen molar-refractivity contribution in [1.82, 2.24) is 0 Å². The monoisotopic (exact) mass is 213 g/mol. The molecule has 0 nitrogen and oxygen atoms in total. The van der Waals surface area contributed by atoms with Crippen LogP contribution in [-0.2, 0) is 0 Å². The third-order valence-electron chi connectivity index (χ3n) is 4.49. The van der Waals surface area contributed by atoms with Crippen molar-refractivity contribution in [3.05, 3.63) is 35.4 Å². The van der Waals surface area contributed by atoms with E-state index in [0.29, 0.717) is 0 Å². The molecular formula is C16H21. The van der Waals surface area contributed by atoms with Gasteiger partial charge in [0.15, 0.2) is 0 Å². The first-order chi connectivity index (χ1) is 7.93. The van der Waals surface area contributed by atoms with Gasteiger partial charge in [0.2, 0.25) is 0 Å². The molecule has 0 atom stereocenters. The maximum absolute atomic E-state index is 3.38. The van der Waals surface area contributed by atoms with Crippen molar-refractivity contribution < 1.29 is 0 Å². The fourth-order valence-corrected chi connectivity index (χ4v) is 3.50. The predicted octanol–water partition coefficient (Wildman–Crippen LogP) is 4.80. The second-order valence-electron chi connectivity index (χ2n) is 5.56. The van der Waals surface area contributed by atoms with Gasteiger partial charge in [-0.25, -0.2) is 0 Å². The highest BCUT2D eigenvalue weighted by molar-refractivity contribution is 5.29. The van der Waals surface area contributed by atoms with Gasteiger partial charge in [0.25, 0.3) is 0 Å². The predicted molar refractivity (Wildman–Crippen MR) is 67.7 cm³/mol. The Morgan fingerprint density at radius 3 is 1.62 bits per heavy atom. The van der Waals surface area contributed by atoms with Crippen LogP contribution >= 0.6 is 0 Å². The number of hydrogen-bond acceptors (Lipinski definition) is 0. The van der Waals surface area contributed by atoms with Gasteiger partial charge in [-0.15, -0.1) is 0 Å². The molecule has 0 aliphatic heterocycles. The smallest absolute Gasteiger partial charge is 0.0162 e. The molecule has 0 spiro atoms. The molecule has 0 aromatic heterocycles. The van der Waals surface area contributed by atoms with Crippen LogP contribution in [0.5, 0.6) is 0 Å². The van der Waals surface area contributed by atoms with E-state index >= 15 is 0 Å². The van der Waals surface area contributed by atoms with Crippen LogP contribution in [0.25, 0.3) is 0 Å². The first-order valence-electron chi connectivity index (χ1n) is 6.94. The highest BCUT2D eigenvalue weighted by atomic mass is 14.3. The lowest BCUT2D eigenvalue weighted by molar-refractivity contribution is 0.700. The maximum atomic E-state index is 3.38. The van der Waals surface area contributed by atoms with Crippen LogP contribution in [-0.4, -0.2) is 0 Å². The van der Waals surface area contributed by atoms with Crippen molar-refractivity contribution in [2.24, 2.45) is 0 Å². The molecule has 3 rings (SSSR count). The Bertz CT molecular complexity index is 310. The molecule has 85 valence electrons. The average Bonchev–Trinajstić information content (AvgIpc) is 3.03. The summed E-state index contributed by atoms with van der Waals surface area (Å²) in [5, 5.41) is 0. The van der Waals surface area contributed by atoms with Gasteiger partial charge in [-0.2, -0.15) is 0 Å². The van der Waals surface area contributed by atoms with Crippen molar-refractivity contribution in [1.29, 1.82) is 0 Å². The van der Waals surface area contributed by atoms with Crippen LogP contribution in [0.15, 0.2) is 18.2 Å². The molecule has 2 aliphatic carbocycles. The lowest BCUT2D eigenvalue weighted by Crippen LogP contribution is -1.97. The topological polar surface area (TPSA) is 0 Å². The van der Waals surface area contributed by atoms with E-state index in [1.54, 1.807) is 11.1 Å². The lowest BCUT2D eigenvalue weighted by Gasteiger charge is -2.14. The Hall–Kier alpha value is -0.780. The largest absolute Gasteiger partial charge is 0.0552 e. The van der Waals surface area contributed by atoms with Crippen molar-refractivity contribution >= 4 is 0 Å². The molecule has 1 aromatic rings. The molecule has 2 saturated carbocycles. The number of rotatable bonds is 2. The van der Waals surface area contributed by atoms with Gasteiger partial charge in [0.1, 0.15) is 0 Å². The summed E-state index contributed by atoms with van der Waals surface area (Å²) in [6.07, 6.45) is 11.3. The minimum absolute atomic E-state index is 0.845. The summed E-state index contributed by atoms with van der Waals surface area (Å²) < 4.78 is 0. The summed E-state index contributed by atoms with van der Waals surface area (Å²) in [4.78, 5) is 0. The third-order valence-corrected chi connectivity index (χ3v) is 4.49. The van der Waals surface area contributed by atoms with E-state index in [9.17, 15) is 0 Å². The van der Waals surface area contributed by atoms with Gasteiger partial charge in [0.05, 0.1) is 0 Å². The lowest BCUT2D eigenvalue weighted by atomic mass is 9.91. The summed E-state index contributed by atoms with van der Waals surface area (Å²) in [5.41, 5.74) is 3.14. The standard InChI is InChI=1S/C16H21/c1-2-7-13(6-1)15-10-5-11-16(12-15)14-8-3-4-9-14/h10-14H,1-4,6-9H2. The Kier molecular flexibility index (Phi) is 2.99. The summed E-state index contributed by atoms with van der Waals surface area (Å²) >= 11 is 0. The molecule has 1 aromatic carbocycles. The molecule has 0 heteroatoms. The molecule has 0 N–H and O–H groups in total. The molecule has 16 heavy (non-hydrogen) atoms. The zero-order valence-electron chi connectivity index (χ0n) is 10.0. The van der Waals surface area contributed by atoms with Crippen LogP contribution < -0.4 is 0 Å². The Morgan fingerprint density at radius 1 is 0.750 bits per heavy atom. The Balaban J connectivity index is 1.81. The van der Waals surface area contributed by atoms with E-state index in [1.807, 2.05) is 0 Å².